The third-order valence-electron chi connectivity index (χ3n) is 3.58. The molecule has 1 aliphatic rings. The first-order valence-corrected chi connectivity index (χ1v) is 7.36. The molecule has 0 spiro atoms. The lowest BCUT2D eigenvalue weighted by Gasteiger charge is -2.33. The number of hydrogen-bond acceptors (Lipinski definition) is 3. The summed E-state index contributed by atoms with van der Waals surface area (Å²) in [6.07, 6.45) is 5.68. The summed E-state index contributed by atoms with van der Waals surface area (Å²) in [5.41, 5.74) is -0.235. The number of piperidine rings is 1. The standard InChI is InChI=1S/C14H22ClN3O/c1-14(2,3)18-8-6-16-12(13(18)19)17-7-4-5-11(9-15)10-17/h6,8,11H,4-5,7,9-10H2,1-3H3. The Labute approximate surface area is 119 Å². The molecule has 0 aliphatic carbocycles. The van der Waals surface area contributed by atoms with E-state index >= 15 is 0 Å². The largest absolute Gasteiger partial charge is 0.352 e. The number of alkyl halides is 1. The van der Waals surface area contributed by atoms with Crippen LogP contribution in [0.1, 0.15) is 33.6 Å². The lowest BCUT2D eigenvalue weighted by molar-refractivity contribution is 0.379. The normalized spacial score (nSPS) is 20.6. The first-order valence-electron chi connectivity index (χ1n) is 6.82. The predicted octanol–water partition coefficient (Wildman–Crippen LogP) is 2.45. The molecule has 2 rings (SSSR count). The van der Waals surface area contributed by atoms with Gasteiger partial charge in [0.1, 0.15) is 0 Å². The fourth-order valence-electron chi connectivity index (χ4n) is 2.53. The van der Waals surface area contributed by atoms with Crippen molar-refractivity contribution in [2.75, 3.05) is 23.9 Å². The molecule has 1 aromatic heterocycles. The highest BCUT2D eigenvalue weighted by Crippen LogP contribution is 2.21. The summed E-state index contributed by atoms with van der Waals surface area (Å²) in [5.74, 6) is 1.67. The van der Waals surface area contributed by atoms with Crippen LogP contribution in [0, 0.1) is 5.92 Å². The minimum atomic E-state index is -0.226. The van der Waals surface area contributed by atoms with Gasteiger partial charge in [-0.05, 0) is 39.5 Å². The second kappa shape index (κ2) is 5.53. The summed E-state index contributed by atoms with van der Waals surface area (Å²) in [4.78, 5) is 18.9. The van der Waals surface area contributed by atoms with E-state index in [0.29, 0.717) is 17.6 Å². The molecule has 1 aromatic rings. The fraction of sp³-hybridized carbons (Fsp3) is 0.714. The molecule has 106 valence electrons. The van der Waals surface area contributed by atoms with Gasteiger partial charge in [-0.25, -0.2) is 4.98 Å². The van der Waals surface area contributed by atoms with Gasteiger partial charge in [0.2, 0.25) is 0 Å². The lowest BCUT2D eigenvalue weighted by Crippen LogP contribution is -2.43. The molecular weight excluding hydrogens is 262 g/mol. The minimum Gasteiger partial charge on any atom is -0.352 e. The molecule has 2 heterocycles. The van der Waals surface area contributed by atoms with E-state index < -0.39 is 0 Å². The average molecular weight is 284 g/mol. The molecule has 1 aliphatic heterocycles. The Balaban J connectivity index is 2.33. The Morgan fingerprint density at radius 3 is 2.84 bits per heavy atom. The summed E-state index contributed by atoms with van der Waals surface area (Å²) in [6, 6.07) is 0. The van der Waals surface area contributed by atoms with Gasteiger partial charge in [-0.2, -0.15) is 0 Å². The van der Waals surface area contributed by atoms with E-state index in [4.69, 9.17) is 11.6 Å². The van der Waals surface area contributed by atoms with Crippen molar-refractivity contribution >= 4 is 17.4 Å². The number of aromatic nitrogens is 2. The van der Waals surface area contributed by atoms with Crippen molar-refractivity contribution < 1.29 is 0 Å². The highest BCUT2D eigenvalue weighted by atomic mass is 35.5. The SMILES string of the molecule is CC(C)(C)n1ccnc(N2CCCC(CCl)C2)c1=O. The molecule has 1 fully saturated rings. The fourth-order valence-corrected chi connectivity index (χ4v) is 2.78. The molecule has 5 heteroatoms. The van der Waals surface area contributed by atoms with Crippen molar-refractivity contribution in [3.05, 3.63) is 22.7 Å². The Morgan fingerprint density at radius 2 is 2.21 bits per heavy atom. The van der Waals surface area contributed by atoms with E-state index in [1.807, 2.05) is 20.8 Å². The van der Waals surface area contributed by atoms with Crippen molar-refractivity contribution in [3.8, 4) is 0 Å². The van der Waals surface area contributed by atoms with Crippen LogP contribution in [-0.2, 0) is 5.54 Å². The van der Waals surface area contributed by atoms with Crippen LogP contribution in [0.2, 0.25) is 0 Å². The van der Waals surface area contributed by atoms with Crippen LogP contribution < -0.4 is 10.5 Å². The van der Waals surface area contributed by atoms with Gasteiger partial charge in [0.25, 0.3) is 5.56 Å². The van der Waals surface area contributed by atoms with E-state index in [-0.39, 0.29) is 11.1 Å². The molecule has 1 saturated heterocycles. The maximum Gasteiger partial charge on any atom is 0.293 e. The Bertz CT molecular complexity index is 492. The van der Waals surface area contributed by atoms with Gasteiger partial charge in [0, 0.05) is 36.9 Å². The molecule has 19 heavy (non-hydrogen) atoms. The van der Waals surface area contributed by atoms with E-state index in [1.54, 1.807) is 17.0 Å². The van der Waals surface area contributed by atoms with Crippen molar-refractivity contribution in [3.63, 3.8) is 0 Å². The molecule has 0 bridgehead atoms. The van der Waals surface area contributed by atoms with Gasteiger partial charge >= 0.3 is 0 Å². The lowest BCUT2D eigenvalue weighted by atomic mass is 10.0. The second-order valence-corrected chi connectivity index (χ2v) is 6.51. The van der Waals surface area contributed by atoms with Crippen molar-refractivity contribution in [1.82, 2.24) is 9.55 Å². The van der Waals surface area contributed by atoms with Crippen LogP contribution in [-0.4, -0.2) is 28.5 Å². The molecular formula is C14H22ClN3O. The maximum absolute atomic E-state index is 12.5. The molecule has 4 nitrogen and oxygen atoms in total. The zero-order valence-corrected chi connectivity index (χ0v) is 12.7. The Morgan fingerprint density at radius 1 is 1.47 bits per heavy atom. The number of rotatable bonds is 2. The first-order chi connectivity index (χ1) is 8.93. The van der Waals surface area contributed by atoms with Crippen LogP contribution in [0.3, 0.4) is 0 Å². The molecule has 0 N–H and O–H groups in total. The van der Waals surface area contributed by atoms with Gasteiger partial charge in [-0.15, -0.1) is 11.6 Å². The number of hydrogen-bond donors (Lipinski definition) is 0. The van der Waals surface area contributed by atoms with Crippen molar-refractivity contribution in [2.45, 2.75) is 39.2 Å². The molecule has 1 unspecified atom stereocenters. The minimum absolute atomic E-state index is 0.00905. The zero-order chi connectivity index (χ0) is 14.0. The topological polar surface area (TPSA) is 38.1 Å². The summed E-state index contributed by atoms with van der Waals surface area (Å²) in [7, 11) is 0. The summed E-state index contributed by atoms with van der Waals surface area (Å²) in [6.45, 7) is 7.80. The smallest absolute Gasteiger partial charge is 0.293 e. The maximum atomic E-state index is 12.5. The van der Waals surface area contributed by atoms with Gasteiger partial charge in [0.05, 0.1) is 0 Å². The summed E-state index contributed by atoms with van der Waals surface area (Å²) in [5, 5.41) is 0. The van der Waals surface area contributed by atoms with Crippen molar-refractivity contribution in [1.29, 1.82) is 0 Å². The van der Waals surface area contributed by atoms with Crippen LogP contribution in [0.4, 0.5) is 5.82 Å². The number of halogens is 1. The zero-order valence-electron chi connectivity index (χ0n) is 11.9. The van der Waals surface area contributed by atoms with Crippen LogP contribution in [0.5, 0.6) is 0 Å². The van der Waals surface area contributed by atoms with E-state index in [9.17, 15) is 4.79 Å². The summed E-state index contributed by atoms with van der Waals surface area (Å²) < 4.78 is 1.75. The number of nitrogens with zero attached hydrogens (tertiary/aromatic N) is 3. The van der Waals surface area contributed by atoms with Crippen LogP contribution >= 0.6 is 11.6 Å². The highest BCUT2D eigenvalue weighted by molar-refractivity contribution is 6.18. The first kappa shape index (κ1) is 14.4. The molecule has 0 radical (unpaired) electrons. The Kier molecular flexibility index (Phi) is 4.19. The van der Waals surface area contributed by atoms with Crippen LogP contribution in [0.25, 0.3) is 0 Å². The van der Waals surface area contributed by atoms with E-state index in [2.05, 4.69) is 9.88 Å². The van der Waals surface area contributed by atoms with Gasteiger partial charge in [-0.3, -0.25) is 4.79 Å². The predicted molar refractivity (Wildman–Crippen MR) is 79.2 cm³/mol. The van der Waals surface area contributed by atoms with Crippen LogP contribution in [0.15, 0.2) is 17.2 Å². The third-order valence-corrected chi connectivity index (χ3v) is 4.02. The number of anilines is 1. The molecule has 0 amide bonds. The monoisotopic (exact) mass is 283 g/mol. The molecule has 0 aromatic carbocycles. The summed E-state index contributed by atoms with van der Waals surface area (Å²) >= 11 is 5.95. The van der Waals surface area contributed by atoms with Gasteiger partial charge in [0.15, 0.2) is 5.82 Å². The average Bonchev–Trinajstić information content (AvgIpc) is 2.37. The molecule has 0 saturated carbocycles. The third kappa shape index (κ3) is 3.11. The Hall–Kier alpha value is -1.03. The van der Waals surface area contributed by atoms with Gasteiger partial charge in [-0.1, -0.05) is 0 Å². The van der Waals surface area contributed by atoms with E-state index in [1.165, 1.54) is 0 Å². The molecule has 1 atom stereocenters. The van der Waals surface area contributed by atoms with Crippen molar-refractivity contribution in [2.24, 2.45) is 5.92 Å². The highest BCUT2D eigenvalue weighted by Gasteiger charge is 2.24. The van der Waals surface area contributed by atoms with E-state index in [0.717, 1.165) is 25.9 Å². The quantitative estimate of drug-likeness (QED) is 0.783. The second-order valence-electron chi connectivity index (χ2n) is 6.21. The van der Waals surface area contributed by atoms with Gasteiger partial charge < -0.3 is 9.47 Å².